The number of benzene rings is 1. The third-order valence-corrected chi connectivity index (χ3v) is 3.96. The number of aliphatic hydroxyl groups is 1. The lowest BCUT2D eigenvalue weighted by atomic mass is 9.99. The minimum Gasteiger partial charge on any atom is -0.484 e. The highest BCUT2D eigenvalue weighted by Crippen LogP contribution is 2.19. The van der Waals surface area contributed by atoms with Gasteiger partial charge in [0.05, 0.1) is 6.54 Å². The number of para-hydroxylation sites is 1. The Hall–Kier alpha value is -2.08. The number of likely N-dealkylation sites (tertiary alicyclic amines) is 1. The number of nitrogens with zero attached hydrogens (tertiary/aromatic N) is 1. The molecular weight excluding hydrogens is 296 g/mol. The molecule has 6 heteroatoms. The van der Waals surface area contributed by atoms with E-state index in [-0.39, 0.29) is 37.6 Å². The Morgan fingerprint density at radius 2 is 2.04 bits per heavy atom. The van der Waals surface area contributed by atoms with E-state index in [0.717, 1.165) is 19.3 Å². The summed E-state index contributed by atoms with van der Waals surface area (Å²) < 4.78 is 5.34. The van der Waals surface area contributed by atoms with Crippen molar-refractivity contribution in [3.05, 3.63) is 30.3 Å². The van der Waals surface area contributed by atoms with Gasteiger partial charge < -0.3 is 20.1 Å². The summed E-state index contributed by atoms with van der Waals surface area (Å²) in [6.45, 7) is 0.627. The molecule has 1 aromatic rings. The standard InChI is InChI=1S/C17H24N2O4/c20-11-9-14-6-4-5-10-19(14)17(22)12-18-16(21)13-23-15-7-2-1-3-8-15/h1-3,7-8,14,20H,4-6,9-13H2,(H,18,21). The number of piperidine rings is 1. The Kier molecular flexibility index (Phi) is 6.87. The van der Waals surface area contributed by atoms with Crippen molar-refractivity contribution >= 4 is 11.8 Å². The molecule has 1 atom stereocenters. The summed E-state index contributed by atoms with van der Waals surface area (Å²) in [7, 11) is 0. The molecule has 2 amide bonds. The van der Waals surface area contributed by atoms with Crippen molar-refractivity contribution in [3.8, 4) is 5.75 Å². The van der Waals surface area contributed by atoms with Crippen LogP contribution in [0.15, 0.2) is 30.3 Å². The molecule has 126 valence electrons. The number of hydrogen-bond acceptors (Lipinski definition) is 4. The van der Waals surface area contributed by atoms with Crippen LogP contribution in [0.25, 0.3) is 0 Å². The smallest absolute Gasteiger partial charge is 0.258 e. The van der Waals surface area contributed by atoms with Crippen LogP contribution in [0.4, 0.5) is 0 Å². The number of hydrogen-bond donors (Lipinski definition) is 2. The number of aliphatic hydroxyl groups excluding tert-OH is 1. The number of nitrogens with one attached hydrogen (secondary N) is 1. The van der Waals surface area contributed by atoms with E-state index in [2.05, 4.69) is 5.32 Å². The van der Waals surface area contributed by atoms with Gasteiger partial charge in [0, 0.05) is 19.2 Å². The molecule has 0 spiro atoms. The number of amides is 2. The molecule has 1 heterocycles. The second kappa shape index (κ2) is 9.15. The van der Waals surface area contributed by atoms with Gasteiger partial charge in [0.2, 0.25) is 5.91 Å². The van der Waals surface area contributed by atoms with Crippen LogP contribution in [0.1, 0.15) is 25.7 Å². The van der Waals surface area contributed by atoms with E-state index >= 15 is 0 Å². The molecule has 2 N–H and O–H groups in total. The van der Waals surface area contributed by atoms with Crippen LogP contribution in [0.5, 0.6) is 5.75 Å². The maximum atomic E-state index is 12.3. The van der Waals surface area contributed by atoms with Crippen molar-refractivity contribution in [2.24, 2.45) is 0 Å². The fourth-order valence-electron chi connectivity index (χ4n) is 2.77. The van der Waals surface area contributed by atoms with Crippen LogP contribution in [0.2, 0.25) is 0 Å². The zero-order valence-electron chi connectivity index (χ0n) is 13.2. The maximum absolute atomic E-state index is 12.3. The zero-order chi connectivity index (χ0) is 16.5. The average molecular weight is 320 g/mol. The van der Waals surface area contributed by atoms with Crippen LogP contribution >= 0.6 is 0 Å². The fraction of sp³-hybridized carbons (Fsp3) is 0.529. The summed E-state index contributed by atoms with van der Waals surface area (Å²) >= 11 is 0. The minimum absolute atomic E-state index is 0.0289. The first-order valence-electron chi connectivity index (χ1n) is 8.05. The summed E-state index contributed by atoms with van der Waals surface area (Å²) in [5.74, 6) is 0.196. The van der Waals surface area contributed by atoms with Gasteiger partial charge in [-0.25, -0.2) is 0 Å². The molecule has 0 aliphatic carbocycles. The van der Waals surface area contributed by atoms with Gasteiger partial charge in [0.25, 0.3) is 5.91 Å². The Labute approximate surface area is 136 Å². The second-order valence-corrected chi connectivity index (χ2v) is 5.63. The largest absolute Gasteiger partial charge is 0.484 e. The van der Waals surface area contributed by atoms with E-state index in [4.69, 9.17) is 9.84 Å². The van der Waals surface area contributed by atoms with Crippen molar-refractivity contribution in [1.82, 2.24) is 10.2 Å². The van der Waals surface area contributed by atoms with E-state index in [1.54, 1.807) is 17.0 Å². The lowest BCUT2D eigenvalue weighted by Crippen LogP contribution is -2.48. The molecular formula is C17H24N2O4. The van der Waals surface area contributed by atoms with Crippen molar-refractivity contribution in [3.63, 3.8) is 0 Å². The highest BCUT2D eigenvalue weighted by molar-refractivity contribution is 5.85. The number of carbonyl (C=O) groups excluding carboxylic acids is 2. The summed E-state index contributed by atoms with van der Waals surface area (Å²) in [4.78, 5) is 25.8. The Morgan fingerprint density at radius 3 is 2.78 bits per heavy atom. The normalized spacial score (nSPS) is 17.6. The molecule has 0 radical (unpaired) electrons. The molecule has 6 nitrogen and oxygen atoms in total. The van der Waals surface area contributed by atoms with Gasteiger partial charge in [0.1, 0.15) is 5.75 Å². The molecule has 1 aliphatic heterocycles. The molecule has 0 aromatic heterocycles. The number of ether oxygens (including phenoxy) is 1. The predicted molar refractivity (Wildman–Crippen MR) is 86.0 cm³/mol. The molecule has 1 aromatic carbocycles. The van der Waals surface area contributed by atoms with Gasteiger partial charge in [-0.05, 0) is 37.8 Å². The highest BCUT2D eigenvalue weighted by Gasteiger charge is 2.26. The van der Waals surface area contributed by atoms with Gasteiger partial charge in [-0.15, -0.1) is 0 Å². The molecule has 1 aliphatic rings. The van der Waals surface area contributed by atoms with E-state index in [1.165, 1.54) is 0 Å². The maximum Gasteiger partial charge on any atom is 0.258 e. The minimum atomic E-state index is -0.321. The summed E-state index contributed by atoms with van der Waals surface area (Å²) in [5, 5.41) is 11.7. The van der Waals surface area contributed by atoms with E-state index in [1.807, 2.05) is 18.2 Å². The van der Waals surface area contributed by atoms with Crippen LogP contribution < -0.4 is 10.1 Å². The van der Waals surface area contributed by atoms with Crippen molar-refractivity contribution in [1.29, 1.82) is 0 Å². The second-order valence-electron chi connectivity index (χ2n) is 5.63. The van der Waals surface area contributed by atoms with Gasteiger partial charge >= 0.3 is 0 Å². The quantitative estimate of drug-likeness (QED) is 0.784. The lowest BCUT2D eigenvalue weighted by molar-refractivity contribution is -0.136. The average Bonchev–Trinajstić information content (AvgIpc) is 2.59. The zero-order valence-corrected chi connectivity index (χ0v) is 13.2. The van der Waals surface area contributed by atoms with Crippen LogP contribution in [0.3, 0.4) is 0 Å². The van der Waals surface area contributed by atoms with Crippen molar-refractivity contribution in [2.75, 3.05) is 26.3 Å². The summed E-state index contributed by atoms with van der Waals surface area (Å²) in [5.41, 5.74) is 0. The van der Waals surface area contributed by atoms with Gasteiger partial charge in [0.15, 0.2) is 6.61 Å². The molecule has 1 unspecified atom stereocenters. The van der Waals surface area contributed by atoms with E-state index in [0.29, 0.717) is 18.7 Å². The van der Waals surface area contributed by atoms with Crippen LogP contribution in [-0.4, -0.2) is 54.2 Å². The van der Waals surface area contributed by atoms with Crippen molar-refractivity contribution in [2.45, 2.75) is 31.7 Å². The monoisotopic (exact) mass is 320 g/mol. The third kappa shape index (κ3) is 5.56. The Balaban J connectivity index is 1.73. The number of rotatable bonds is 7. The SMILES string of the molecule is O=C(COc1ccccc1)NCC(=O)N1CCCCC1CCO. The van der Waals surface area contributed by atoms with Crippen LogP contribution in [0, 0.1) is 0 Å². The van der Waals surface area contributed by atoms with E-state index in [9.17, 15) is 9.59 Å². The third-order valence-electron chi connectivity index (χ3n) is 3.96. The topological polar surface area (TPSA) is 78.9 Å². The first-order chi connectivity index (χ1) is 11.2. The van der Waals surface area contributed by atoms with E-state index < -0.39 is 0 Å². The van der Waals surface area contributed by atoms with Crippen LogP contribution in [-0.2, 0) is 9.59 Å². The molecule has 0 saturated carbocycles. The highest BCUT2D eigenvalue weighted by atomic mass is 16.5. The Morgan fingerprint density at radius 1 is 1.26 bits per heavy atom. The molecule has 0 bridgehead atoms. The molecule has 1 fully saturated rings. The first-order valence-corrected chi connectivity index (χ1v) is 8.05. The Bertz CT molecular complexity index is 505. The van der Waals surface area contributed by atoms with Crippen molar-refractivity contribution < 1.29 is 19.4 Å². The first kappa shape index (κ1) is 17.3. The van der Waals surface area contributed by atoms with Gasteiger partial charge in [-0.1, -0.05) is 18.2 Å². The van der Waals surface area contributed by atoms with Gasteiger partial charge in [-0.2, -0.15) is 0 Å². The molecule has 2 rings (SSSR count). The number of carbonyl (C=O) groups is 2. The van der Waals surface area contributed by atoms with Gasteiger partial charge in [-0.3, -0.25) is 9.59 Å². The fourth-order valence-corrected chi connectivity index (χ4v) is 2.77. The predicted octanol–water partition coefficient (Wildman–Crippen LogP) is 0.945. The summed E-state index contributed by atoms with van der Waals surface area (Å²) in [6.07, 6.45) is 3.55. The molecule has 1 saturated heterocycles. The lowest BCUT2D eigenvalue weighted by Gasteiger charge is -2.35. The molecule has 23 heavy (non-hydrogen) atoms. The summed E-state index contributed by atoms with van der Waals surface area (Å²) in [6, 6.07) is 9.14.